The summed E-state index contributed by atoms with van der Waals surface area (Å²) in [4.78, 5) is 15.0. The SMILES string of the molecule is N[C@@H]1CCN(c2c(NC(=O)C3=NN(c4c(F)cccc4F)C(O)C=C3)ccc3c2cnn3CC(F)(F)F)C1. The number of para-hydroxylation sites is 1. The van der Waals surface area contributed by atoms with Crippen LogP contribution in [0.15, 0.2) is 53.8 Å². The van der Waals surface area contributed by atoms with Gasteiger partial charge in [-0.2, -0.15) is 23.4 Å². The van der Waals surface area contributed by atoms with Gasteiger partial charge in [-0.1, -0.05) is 6.07 Å². The zero-order valence-corrected chi connectivity index (χ0v) is 19.7. The summed E-state index contributed by atoms with van der Waals surface area (Å²) in [6, 6.07) is 5.81. The molecule has 1 fully saturated rings. The van der Waals surface area contributed by atoms with Crippen molar-refractivity contribution in [2.45, 2.75) is 31.4 Å². The summed E-state index contributed by atoms with van der Waals surface area (Å²) in [5.74, 6) is -2.75. The third-order valence-electron chi connectivity index (χ3n) is 6.21. The largest absolute Gasteiger partial charge is 0.408 e. The molecule has 5 rings (SSSR count). The first-order valence-electron chi connectivity index (χ1n) is 11.6. The van der Waals surface area contributed by atoms with E-state index in [2.05, 4.69) is 15.5 Å². The highest BCUT2D eigenvalue weighted by Crippen LogP contribution is 2.37. The zero-order valence-electron chi connectivity index (χ0n) is 19.7. The van der Waals surface area contributed by atoms with E-state index in [9.17, 15) is 31.9 Å². The van der Waals surface area contributed by atoms with Crippen LogP contribution in [0.4, 0.5) is 39.0 Å². The minimum Gasteiger partial charge on any atom is -0.368 e. The fraction of sp³-hybridized carbons (Fsp3) is 0.292. The summed E-state index contributed by atoms with van der Waals surface area (Å²) >= 11 is 0. The normalized spacial score (nSPS) is 19.8. The van der Waals surface area contributed by atoms with Crippen molar-refractivity contribution in [3.63, 3.8) is 0 Å². The molecule has 2 aliphatic heterocycles. The van der Waals surface area contributed by atoms with Gasteiger partial charge in [0.15, 0.2) is 17.9 Å². The van der Waals surface area contributed by atoms with E-state index in [1.807, 2.05) is 4.90 Å². The van der Waals surface area contributed by atoms with Gasteiger partial charge in [-0.25, -0.2) is 13.8 Å². The van der Waals surface area contributed by atoms with Gasteiger partial charge in [0, 0.05) is 24.5 Å². The predicted molar refractivity (Wildman–Crippen MR) is 131 cm³/mol. The van der Waals surface area contributed by atoms with E-state index in [1.54, 1.807) is 0 Å². The molecule has 4 N–H and O–H groups in total. The summed E-state index contributed by atoms with van der Waals surface area (Å²) in [6.45, 7) is -0.381. The van der Waals surface area contributed by atoms with Crippen molar-refractivity contribution in [1.82, 2.24) is 9.78 Å². The van der Waals surface area contributed by atoms with Crippen LogP contribution in [0.2, 0.25) is 0 Å². The maximum atomic E-state index is 14.3. The molecule has 2 aliphatic rings. The number of halogens is 5. The maximum absolute atomic E-state index is 14.3. The number of benzene rings is 2. The zero-order chi connectivity index (χ0) is 27.2. The first kappa shape index (κ1) is 25.6. The first-order chi connectivity index (χ1) is 18.0. The molecule has 14 heteroatoms. The lowest BCUT2D eigenvalue weighted by Crippen LogP contribution is -2.37. The molecule has 38 heavy (non-hydrogen) atoms. The van der Waals surface area contributed by atoms with Crippen LogP contribution >= 0.6 is 0 Å². The van der Waals surface area contributed by atoms with E-state index in [4.69, 9.17) is 5.73 Å². The van der Waals surface area contributed by atoms with Crippen molar-refractivity contribution in [3.05, 3.63) is 60.3 Å². The quantitative estimate of drug-likeness (QED) is 0.433. The second kappa shape index (κ2) is 9.68. The van der Waals surface area contributed by atoms with Gasteiger partial charge in [0.2, 0.25) is 0 Å². The molecule has 0 spiro atoms. The lowest BCUT2D eigenvalue weighted by atomic mass is 10.1. The fourth-order valence-electron chi connectivity index (χ4n) is 4.53. The fourth-order valence-corrected chi connectivity index (χ4v) is 4.53. The lowest BCUT2D eigenvalue weighted by Gasteiger charge is -2.27. The van der Waals surface area contributed by atoms with E-state index in [-0.39, 0.29) is 23.0 Å². The van der Waals surface area contributed by atoms with Crippen LogP contribution in [0, 0.1) is 11.6 Å². The molecular weight excluding hydrogens is 513 g/mol. The van der Waals surface area contributed by atoms with E-state index < -0.39 is 42.2 Å². The van der Waals surface area contributed by atoms with Crippen LogP contribution in [0.25, 0.3) is 10.9 Å². The van der Waals surface area contributed by atoms with Gasteiger partial charge >= 0.3 is 6.18 Å². The molecule has 2 atom stereocenters. The topological polar surface area (TPSA) is 112 Å². The van der Waals surface area contributed by atoms with E-state index >= 15 is 0 Å². The summed E-state index contributed by atoms with van der Waals surface area (Å²) < 4.78 is 68.6. The van der Waals surface area contributed by atoms with Crippen molar-refractivity contribution < 1.29 is 31.9 Å². The number of nitrogens with zero attached hydrogens (tertiary/aromatic N) is 5. The number of hydrazone groups is 1. The minimum absolute atomic E-state index is 0.171. The molecule has 3 heterocycles. The molecule has 0 aliphatic carbocycles. The second-order valence-electron chi connectivity index (χ2n) is 8.93. The average Bonchev–Trinajstić information content (AvgIpc) is 3.45. The average molecular weight is 535 g/mol. The number of hydrogen-bond acceptors (Lipinski definition) is 7. The Bertz CT molecular complexity index is 1430. The van der Waals surface area contributed by atoms with Gasteiger partial charge in [-0.05, 0) is 42.8 Å². The van der Waals surface area contributed by atoms with Crippen LogP contribution < -0.4 is 21.0 Å². The van der Waals surface area contributed by atoms with Crippen molar-refractivity contribution in [2.24, 2.45) is 10.8 Å². The molecule has 3 aromatic rings. The standard InChI is InChI=1S/C24H22F5N7O2/c25-15-2-1-3-16(26)22(15)36-20(37)7-5-18(33-36)23(38)32-17-4-6-19-14(10-31-35(19)12-24(27,28)29)21(17)34-9-8-13(30)11-34/h1-7,10,13,20,37H,8-9,11-12,30H2,(H,32,38)/t13-,20?/m1/s1. The van der Waals surface area contributed by atoms with Crippen molar-refractivity contribution in [3.8, 4) is 0 Å². The molecule has 2 aromatic carbocycles. The van der Waals surface area contributed by atoms with E-state index in [1.165, 1.54) is 24.4 Å². The van der Waals surface area contributed by atoms with Gasteiger partial charge in [0.05, 0.1) is 23.1 Å². The van der Waals surface area contributed by atoms with Crippen molar-refractivity contribution >= 4 is 39.6 Å². The molecule has 1 amide bonds. The smallest absolute Gasteiger partial charge is 0.368 e. The second-order valence-corrected chi connectivity index (χ2v) is 8.93. The summed E-state index contributed by atoms with van der Waals surface area (Å²) in [5, 5.41) is 21.8. The molecule has 1 aromatic heterocycles. The Morgan fingerprint density at radius 2 is 1.89 bits per heavy atom. The Morgan fingerprint density at radius 1 is 1.16 bits per heavy atom. The maximum Gasteiger partial charge on any atom is 0.408 e. The van der Waals surface area contributed by atoms with E-state index in [0.717, 1.165) is 29.0 Å². The summed E-state index contributed by atoms with van der Waals surface area (Å²) in [6.07, 6.45) is -1.75. The van der Waals surface area contributed by atoms with Gasteiger partial charge in [0.25, 0.3) is 5.91 Å². The number of carbonyl (C=O) groups is 1. The molecule has 0 saturated carbocycles. The number of aliphatic hydroxyl groups is 1. The Kier molecular flexibility index (Phi) is 6.53. The predicted octanol–water partition coefficient (Wildman–Crippen LogP) is 3.10. The van der Waals surface area contributed by atoms with E-state index in [0.29, 0.717) is 35.6 Å². The van der Waals surface area contributed by atoms with Gasteiger partial charge in [-0.15, -0.1) is 0 Å². The van der Waals surface area contributed by atoms with Crippen molar-refractivity contribution in [2.75, 3.05) is 28.3 Å². The molecule has 0 radical (unpaired) electrons. The van der Waals surface area contributed by atoms with Crippen LogP contribution in [0.5, 0.6) is 0 Å². The molecule has 200 valence electrons. The Balaban J connectivity index is 1.50. The third kappa shape index (κ3) is 4.91. The number of carbonyl (C=O) groups excluding carboxylic acids is 1. The number of rotatable bonds is 5. The number of nitrogens with two attached hydrogens (primary N) is 1. The van der Waals surface area contributed by atoms with Crippen molar-refractivity contribution in [1.29, 1.82) is 0 Å². The number of aromatic nitrogens is 2. The number of hydrogen-bond donors (Lipinski definition) is 3. The van der Waals surface area contributed by atoms with Gasteiger partial charge in [0.1, 0.15) is 17.9 Å². The number of aliphatic hydroxyl groups excluding tert-OH is 1. The molecule has 1 saturated heterocycles. The summed E-state index contributed by atoms with van der Waals surface area (Å²) in [7, 11) is 0. The van der Waals surface area contributed by atoms with Crippen LogP contribution in [-0.4, -0.2) is 58.0 Å². The molecule has 0 bridgehead atoms. The number of nitrogens with one attached hydrogen (secondary N) is 1. The number of amides is 1. The highest BCUT2D eigenvalue weighted by molar-refractivity contribution is 6.47. The van der Waals surface area contributed by atoms with Gasteiger partial charge in [-0.3, -0.25) is 9.48 Å². The van der Waals surface area contributed by atoms with Crippen LogP contribution in [-0.2, 0) is 11.3 Å². The Hall–Kier alpha value is -4.04. The number of anilines is 3. The lowest BCUT2D eigenvalue weighted by molar-refractivity contribution is -0.141. The Morgan fingerprint density at radius 3 is 2.55 bits per heavy atom. The van der Waals surface area contributed by atoms with Crippen LogP contribution in [0.1, 0.15) is 6.42 Å². The van der Waals surface area contributed by atoms with Crippen LogP contribution in [0.3, 0.4) is 0 Å². The highest BCUT2D eigenvalue weighted by Gasteiger charge is 2.31. The molecule has 9 nitrogen and oxygen atoms in total. The first-order valence-corrected chi connectivity index (χ1v) is 11.6. The molecule has 1 unspecified atom stereocenters. The molecular formula is C24H22F5N7O2. The minimum atomic E-state index is -4.48. The highest BCUT2D eigenvalue weighted by atomic mass is 19.4. The monoisotopic (exact) mass is 535 g/mol. The van der Waals surface area contributed by atoms with Gasteiger partial charge < -0.3 is 21.1 Å². The Labute approximate surface area is 212 Å². The number of fused-ring (bicyclic) bond motifs is 1. The number of alkyl halides is 3. The summed E-state index contributed by atoms with van der Waals surface area (Å²) in [5.41, 5.74) is 6.06. The third-order valence-corrected chi connectivity index (χ3v) is 6.21.